The predicted octanol–water partition coefficient (Wildman–Crippen LogP) is 2.46. The van der Waals surface area contributed by atoms with Crippen LogP contribution < -0.4 is 19.5 Å². The Morgan fingerprint density at radius 1 is 1.12 bits per heavy atom. The number of aromatic nitrogens is 1. The Labute approximate surface area is 191 Å². The molecule has 2 heterocycles. The maximum absolute atomic E-state index is 12.4. The SMILES string of the molecule is Cc1oc(-c2ccccc2NS(=O)(=O)N(C)C)nc1CNC(=O)Cc1ccc2c(c1)OCO2. The van der Waals surface area contributed by atoms with E-state index in [-0.39, 0.29) is 31.6 Å². The van der Waals surface area contributed by atoms with E-state index in [0.29, 0.717) is 34.2 Å². The van der Waals surface area contributed by atoms with Gasteiger partial charge in [0.2, 0.25) is 18.6 Å². The summed E-state index contributed by atoms with van der Waals surface area (Å²) in [5.74, 6) is 1.89. The number of para-hydroxylation sites is 1. The van der Waals surface area contributed by atoms with Crippen molar-refractivity contribution in [3.63, 3.8) is 0 Å². The lowest BCUT2D eigenvalue weighted by atomic mass is 10.1. The van der Waals surface area contributed by atoms with Crippen LogP contribution in [-0.2, 0) is 28.0 Å². The summed E-state index contributed by atoms with van der Waals surface area (Å²) in [5, 5.41) is 2.84. The van der Waals surface area contributed by atoms with E-state index >= 15 is 0 Å². The highest BCUT2D eigenvalue weighted by molar-refractivity contribution is 7.90. The average molecular weight is 473 g/mol. The highest BCUT2D eigenvalue weighted by Crippen LogP contribution is 2.33. The minimum Gasteiger partial charge on any atom is -0.454 e. The van der Waals surface area contributed by atoms with Gasteiger partial charge in [0.1, 0.15) is 11.5 Å². The molecule has 33 heavy (non-hydrogen) atoms. The Balaban J connectivity index is 1.44. The molecule has 0 bridgehead atoms. The number of rotatable bonds is 8. The second-order valence-electron chi connectivity index (χ2n) is 7.60. The van der Waals surface area contributed by atoms with Crippen molar-refractivity contribution in [1.82, 2.24) is 14.6 Å². The molecule has 10 nitrogen and oxygen atoms in total. The summed E-state index contributed by atoms with van der Waals surface area (Å²) < 4.78 is 44.5. The van der Waals surface area contributed by atoms with Crippen molar-refractivity contribution in [1.29, 1.82) is 0 Å². The Morgan fingerprint density at radius 2 is 1.88 bits per heavy atom. The van der Waals surface area contributed by atoms with E-state index in [2.05, 4.69) is 15.0 Å². The lowest BCUT2D eigenvalue weighted by molar-refractivity contribution is -0.120. The van der Waals surface area contributed by atoms with Crippen LogP contribution in [0.4, 0.5) is 5.69 Å². The lowest BCUT2D eigenvalue weighted by Crippen LogP contribution is -2.29. The summed E-state index contributed by atoms with van der Waals surface area (Å²) in [6.07, 6.45) is 0.176. The molecule has 1 amide bonds. The Morgan fingerprint density at radius 3 is 2.67 bits per heavy atom. The van der Waals surface area contributed by atoms with E-state index in [1.165, 1.54) is 14.1 Å². The maximum atomic E-state index is 12.4. The smallest absolute Gasteiger partial charge is 0.301 e. The molecule has 3 aromatic rings. The third kappa shape index (κ3) is 5.10. The number of benzene rings is 2. The van der Waals surface area contributed by atoms with Gasteiger partial charge in [0.25, 0.3) is 0 Å². The number of carbonyl (C=O) groups is 1. The number of fused-ring (bicyclic) bond motifs is 1. The van der Waals surface area contributed by atoms with Gasteiger partial charge in [0.05, 0.1) is 24.2 Å². The number of nitrogens with zero attached hydrogens (tertiary/aromatic N) is 2. The quantitative estimate of drug-likeness (QED) is 0.516. The number of nitrogens with one attached hydrogen (secondary N) is 2. The molecule has 0 fully saturated rings. The summed E-state index contributed by atoms with van der Waals surface area (Å²) in [5.41, 5.74) is 2.18. The van der Waals surface area contributed by atoms with E-state index in [1.54, 1.807) is 43.3 Å². The second-order valence-corrected chi connectivity index (χ2v) is 9.48. The van der Waals surface area contributed by atoms with Gasteiger partial charge in [-0.1, -0.05) is 18.2 Å². The molecule has 1 aliphatic heterocycles. The fourth-order valence-corrected chi connectivity index (χ4v) is 3.82. The molecule has 2 aromatic carbocycles. The van der Waals surface area contributed by atoms with Gasteiger partial charge in [-0.15, -0.1) is 0 Å². The number of oxazole rings is 1. The largest absolute Gasteiger partial charge is 0.454 e. The molecule has 1 aliphatic rings. The van der Waals surface area contributed by atoms with E-state index in [0.717, 1.165) is 9.87 Å². The molecular weight excluding hydrogens is 448 g/mol. The highest BCUT2D eigenvalue weighted by Gasteiger charge is 2.20. The third-order valence-electron chi connectivity index (χ3n) is 5.02. The van der Waals surface area contributed by atoms with Gasteiger partial charge >= 0.3 is 10.2 Å². The summed E-state index contributed by atoms with van der Waals surface area (Å²) in [4.78, 5) is 16.9. The molecule has 0 saturated carbocycles. The van der Waals surface area contributed by atoms with Gasteiger partial charge in [-0.05, 0) is 36.8 Å². The van der Waals surface area contributed by atoms with Crippen molar-refractivity contribution >= 4 is 21.8 Å². The van der Waals surface area contributed by atoms with E-state index in [4.69, 9.17) is 13.9 Å². The van der Waals surface area contributed by atoms with Crippen LogP contribution in [0.2, 0.25) is 0 Å². The second kappa shape index (κ2) is 9.12. The van der Waals surface area contributed by atoms with Gasteiger partial charge in [-0.2, -0.15) is 12.7 Å². The van der Waals surface area contributed by atoms with Crippen LogP contribution in [0.5, 0.6) is 11.5 Å². The summed E-state index contributed by atoms with van der Waals surface area (Å²) in [7, 11) is -0.830. The topological polar surface area (TPSA) is 123 Å². The number of hydrogen-bond donors (Lipinski definition) is 2. The zero-order valence-corrected chi connectivity index (χ0v) is 19.2. The number of carbonyl (C=O) groups excluding carboxylic acids is 1. The van der Waals surface area contributed by atoms with Crippen LogP contribution in [0.3, 0.4) is 0 Å². The van der Waals surface area contributed by atoms with E-state index in [1.807, 2.05) is 6.07 Å². The van der Waals surface area contributed by atoms with E-state index in [9.17, 15) is 13.2 Å². The van der Waals surface area contributed by atoms with Gasteiger partial charge in [-0.3, -0.25) is 9.52 Å². The minimum absolute atomic E-state index is 0.171. The van der Waals surface area contributed by atoms with Crippen molar-refractivity contribution < 1.29 is 27.1 Å². The molecule has 174 valence electrons. The fraction of sp³-hybridized carbons (Fsp3) is 0.273. The number of hydrogen-bond acceptors (Lipinski definition) is 7. The van der Waals surface area contributed by atoms with Gasteiger partial charge < -0.3 is 19.2 Å². The third-order valence-corrected chi connectivity index (χ3v) is 6.46. The number of amides is 1. The molecule has 0 radical (unpaired) electrons. The molecule has 4 rings (SSSR count). The van der Waals surface area contributed by atoms with Crippen LogP contribution >= 0.6 is 0 Å². The van der Waals surface area contributed by atoms with Crippen molar-refractivity contribution in [2.45, 2.75) is 19.9 Å². The van der Waals surface area contributed by atoms with Gasteiger partial charge in [0.15, 0.2) is 11.5 Å². The number of aryl methyl sites for hydroxylation is 1. The van der Waals surface area contributed by atoms with Crippen molar-refractivity contribution in [3.05, 3.63) is 59.5 Å². The van der Waals surface area contributed by atoms with Crippen LogP contribution in [0.15, 0.2) is 46.9 Å². The molecule has 11 heteroatoms. The molecule has 0 unspecified atom stereocenters. The molecule has 2 N–H and O–H groups in total. The summed E-state index contributed by atoms with van der Waals surface area (Å²) >= 11 is 0. The normalized spacial score (nSPS) is 12.7. The molecule has 0 aliphatic carbocycles. The summed E-state index contributed by atoms with van der Waals surface area (Å²) in [6.45, 7) is 2.09. The predicted molar refractivity (Wildman–Crippen MR) is 121 cm³/mol. The highest BCUT2D eigenvalue weighted by atomic mass is 32.2. The standard InChI is InChI=1S/C22H24N4O6S/c1-14-18(12-23-21(27)11-15-8-9-19-20(10-15)31-13-30-19)24-22(32-14)16-6-4-5-7-17(16)25-33(28,29)26(2)3/h4-10,25H,11-13H2,1-3H3,(H,23,27). The first-order valence-electron chi connectivity index (χ1n) is 10.1. The maximum Gasteiger partial charge on any atom is 0.301 e. The number of anilines is 1. The zero-order chi connectivity index (χ0) is 23.6. The first kappa shape index (κ1) is 22.6. The van der Waals surface area contributed by atoms with Crippen molar-refractivity contribution in [2.24, 2.45) is 0 Å². The van der Waals surface area contributed by atoms with Crippen LogP contribution in [0.25, 0.3) is 11.5 Å². The number of ether oxygens (including phenoxy) is 2. The van der Waals surface area contributed by atoms with Crippen LogP contribution in [0, 0.1) is 6.92 Å². The molecule has 0 saturated heterocycles. The fourth-order valence-electron chi connectivity index (χ4n) is 3.18. The van der Waals surface area contributed by atoms with Crippen LogP contribution in [0.1, 0.15) is 17.0 Å². The molecule has 0 atom stereocenters. The molecule has 0 spiro atoms. The average Bonchev–Trinajstić information content (AvgIpc) is 3.38. The molecular formula is C22H24N4O6S. The Kier molecular flexibility index (Phi) is 6.25. The minimum atomic E-state index is -3.70. The zero-order valence-electron chi connectivity index (χ0n) is 18.4. The summed E-state index contributed by atoms with van der Waals surface area (Å²) in [6, 6.07) is 12.2. The lowest BCUT2D eigenvalue weighted by Gasteiger charge is -2.15. The first-order chi connectivity index (χ1) is 15.7. The van der Waals surface area contributed by atoms with Crippen molar-refractivity contribution in [2.75, 3.05) is 25.6 Å². The van der Waals surface area contributed by atoms with Crippen molar-refractivity contribution in [3.8, 4) is 23.0 Å². The first-order valence-corrected chi connectivity index (χ1v) is 11.6. The molecule has 1 aromatic heterocycles. The Hall–Kier alpha value is -3.57. The van der Waals surface area contributed by atoms with Gasteiger partial charge in [0, 0.05) is 14.1 Å². The van der Waals surface area contributed by atoms with Crippen LogP contribution in [-0.4, -0.2) is 44.5 Å². The van der Waals surface area contributed by atoms with E-state index < -0.39 is 10.2 Å². The van der Waals surface area contributed by atoms with Gasteiger partial charge in [-0.25, -0.2) is 4.98 Å². The Bertz CT molecular complexity index is 1290. The monoisotopic (exact) mass is 472 g/mol.